The summed E-state index contributed by atoms with van der Waals surface area (Å²) in [6, 6.07) is 0.341. The highest BCUT2D eigenvalue weighted by Crippen LogP contribution is 2.30. The molecule has 3 saturated heterocycles. The predicted octanol–water partition coefficient (Wildman–Crippen LogP) is 0.958. The zero-order valence-electron chi connectivity index (χ0n) is 14.9. The minimum absolute atomic E-state index is 0.194. The monoisotopic (exact) mass is 337 g/mol. The molecule has 0 aliphatic carbocycles. The molecule has 0 radical (unpaired) electrons. The largest absolute Gasteiger partial charge is 0.379 e. The first-order valence-electron chi connectivity index (χ1n) is 9.50. The van der Waals surface area contributed by atoms with Crippen molar-refractivity contribution in [3.05, 3.63) is 0 Å². The zero-order valence-corrected chi connectivity index (χ0v) is 14.9. The summed E-state index contributed by atoms with van der Waals surface area (Å²) in [5, 5.41) is 0. The van der Waals surface area contributed by atoms with Gasteiger partial charge in [-0.1, -0.05) is 6.42 Å². The molecule has 3 fully saturated rings. The van der Waals surface area contributed by atoms with Gasteiger partial charge in [-0.05, 0) is 25.2 Å². The summed E-state index contributed by atoms with van der Waals surface area (Å²) in [5.41, 5.74) is 0. The van der Waals surface area contributed by atoms with Gasteiger partial charge in [0.05, 0.1) is 13.2 Å². The third-order valence-electron chi connectivity index (χ3n) is 5.82. The number of likely N-dealkylation sites (tertiary alicyclic amines) is 2. The molecule has 0 N–H and O–H groups in total. The van der Waals surface area contributed by atoms with Crippen molar-refractivity contribution in [1.82, 2.24) is 14.7 Å². The van der Waals surface area contributed by atoms with Crippen LogP contribution in [0.4, 0.5) is 0 Å². The van der Waals surface area contributed by atoms with Crippen LogP contribution in [0.2, 0.25) is 0 Å². The third-order valence-corrected chi connectivity index (χ3v) is 5.82. The molecule has 0 saturated carbocycles. The lowest BCUT2D eigenvalue weighted by atomic mass is 9.88. The molecule has 3 aliphatic heterocycles. The fourth-order valence-electron chi connectivity index (χ4n) is 4.42. The van der Waals surface area contributed by atoms with Gasteiger partial charge in [0.1, 0.15) is 0 Å². The molecule has 0 bridgehead atoms. The highest BCUT2D eigenvalue weighted by atomic mass is 16.5. The van der Waals surface area contributed by atoms with Crippen molar-refractivity contribution in [3.8, 4) is 0 Å². The molecule has 3 heterocycles. The second kappa shape index (κ2) is 8.30. The van der Waals surface area contributed by atoms with Crippen molar-refractivity contribution in [3.63, 3.8) is 0 Å². The Kier molecular flexibility index (Phi) is 6.11. The molecule has 0 aromatic rings. The van der Waals surface area contributed by atoms with E-state index in [-0.39, 0.29) is 11.8 Å². The molecule has 3 rings (SSSR count). The van der Waals surface area contributed by atoms with E-state index in [0.717, 1.165) is 71.7 Å². The summed E-state index contributed by atoms with van der Waals surface area (Å²) >= 11 is 0. The molecule has 6 nitrogen and oxygen atoms in total. The summed E-state index contributed by atoms with van der Waals surface area (Å²) in [5.74, 6) is 0.926. The number of hydrogen-bond acceptors (Lipinski definition) is 4. The molecular weight excluding hydrogens is 306 g/mol. The molecule has 0 aromatic carbocycles. The molecule has 2 amide bonds. The van der Waals surface area contributed by atoms with Crippen molar-refractivity contribution in [2.75, 3.05) is 52.5 Å². The maximum absolute atomic E-state index is 12.6. The lowest BCUT2D eigenvalue weighted by Gasteiger charge is -2.42. The van der Waals surface area contributed by atoms with Gasteiger partial charge in [-0.3, -0.25) is 14.5 Å². The van der Waals surface area contributed by atoms with Gasteiger partial charge < -0.3 is 14.5 Å². The van der Waals surface area contributed by atoms with Gasteiger partial charge in [0.15, 0.2) is 0 Å². The number of nitrogens with zero attached hydrogens (tertiary/aromatic N) is 3. The summed E-state index contributed by atoms with van der Waals surface area (Å²) in [6.07, 6.45) is 4.95. The first-order valence-corrected chi connectivity index (χ1v) is 9.50. The maximum Gasteiger partial charge on any atom is 0.223 e. The maximum atomic E-state index is 12.6. The van der Waals surface area contributed by atoms with Crippen LogP contribution in [0.5, 0.6) is 0 Å². The van der Waals surface area contributed by atoms with E-state index in [4.69, 9.17) is 4.74 Å². The van der Waals surface area contributed by atoms with Crippen LogP contribution >= 0.6 is 0 Å². The Morgan fingerprint density at radius 3 is 2.58 bits per heavy atom. The second-order valence-electron chi connectivity index (χ2n) is 7.37. The van der Waals surface area contributed by atoms with Gasteiger partial charge in [0, 0.05) is 58.7 Å². The SMILES string of the molecule is CC(=O)N1CCCC[C@@H]2CN(C(=O)CCN3CCOCC3)CC[C@H]21. The van der Waals surface area contributed by atoms with Crippen LogP contribution in [0.25, 0.3) is 0 Å². The molecule has 0 unspecified atom stereocenters. The van der Waals surface area contributed by atoms with E-state index in [9.17, 15) is 9.59 Å². The lowest BCUT2D eigenvalue weighted by Crippen LogP contribution is -2.53. The van der Waals surface area contributed by atoms with Gasteiger partial charge in [-0.15, -0.1) is 0 Å². The summed E-state index contributed by atoms with van der Waals surface area (Å²) in [7, 11) is 0. The number of carbonyl (C=O) groups is 2. The molecular formula is C18H31N3O3. The van der Waals surface area contributed by atoms with Gasteiger partial charge in [-0.25, -0.2) is 0 Å². The van der Waals surface area contributed by atoms with Crippen molar-refractivity contribution < 1.29 is 14.3 Å². The van der Waals surface area contributed by atoms with Crippen molar-refractivity contribution in [2.24, 2.45) is 5.92 Å². The Morgan fingerprint density at radius 1 is 1.04 bits per heavy atom. The van der Waals surface area contributed by atoms with Crippen LogP contribution in [-0.4, -0.2) is 85.0 Å². The van der Waals surface area contributed by atoms with Gasteiger partial charge >= 0.3 is 0 Å². The van der Waals surface area contributed by atoms with E-state index in [2.05, 4.69) is 9.80 Å². The van der Waals surface area contributed by atoms with E-state index in [1.165, 1.54) is 6.42 Å². The van der Waals surface area contributed by atoms with Crippen LogP contribution in [-0.2, 0) is 14.3 Å². The van der Waals surface area contributed by atoms with Crippen LogP contribution in [0, 0.1) is 5.92 Å². The molecule has 2 atom stereocenters. The first kappa shape index (κ1) is 17.7. The smallest absolute Gasteiger partial charge is 0.223 e. The van der Waals surface area contributed by atoms with Gasteiger partial charge in [0.2, 0.25) is 11.8 Å². The number of rotatable bonds is 3. The van der Waals surface area contributed by atoms with Crippen LogP contribution in [0.15, 0.2) is 0 Å². The quantitative estimate of drug-likeness (QED) is 0.770. The number of piperidine rings is 1. The highest BCUT2D eigenvalue weighted by molar-refractivity contribution is 5.77. The Balaban J connectivity index is 1.51. The van der Waals surface area contributed by atoms with Crippen molar-refractivity contribution in [1.29, 1.82) is 0 Å². The second-order valence-corrected chi connectivity index (χ2v) is 7.37. The summed E-state index contributed by atoms with van der Waals surface area (Å²) in [4.78, 5) is 31.0. The molecule has 136 valence electrons. The fourth-order valence-corrected chi connectivity index (χ4v) is 4.42. The van der Waals surface area contributed by atoms with Crippen molar-refractivity contribution in [2.45, 2.75) is 45.1 Å². The lowest BCUT2D eigenvalue weighted by molar-refractivity contribution is -0.137. The van der Waals surface area contributed by atoms with Gasteiger partial charge in [-0.2, -0.15) is 0 Å². The van der Waals surface area contributed by atoms with E-state index < -0.39 is 0 Å². The minimum atomic E-state index is 0.194. The summed E-state index contributed by atoms with van der Waals surface area (Å²) < 4.78 is 5.35. The van der Waals surface area contributed by atoms with Crippen LogP contribution < -0.4 is 0 Å². The minimum Gasteiger partial charge on any atom is -0.379 e. The van der Waals surface area contributed by atoms with Crippen LogP contribution in [0.1, 0.15) is 39.0 Å². The van der Waals surface area contributed by atoms with E-state index in [1.807, 2.05) is 4.90 Å². The molecule has 3 aliphatic rings. The number of morpholine rings is 1. The average Bonchev–Trinajstić information content (AvgIpc) is 2.82. The number of amides is 2. The summed E-state index contributed by atoms with van der Waals surface area (Å²) in [6.45, 7) is 8.47. The number of fused-ring (bicyclic) bond motifs is 1. The number of hydrogen-bond donors (Lipinski definition) is 0. The highest BCUT2D eigenvalue weighted by Gasteiger charge is 2.36. The normalized spacial score (nSPS) is 29.0. The van der Waals surface area contributed by atoms with E-state index in [1.54, 1.807) is 6.92 Å². The average molecular weight is 337 g/mol. The topological polar surface area (TPSA) is 53.1 Å². The van der Waals surface area contributed by atoms with E-state index >= 15 is 0 Å². The van der Waals surface area contributed by atoms with Crippen molar-refractivity contribution >= 4 is 11.8 Å². The number of carbonyl (C=O) groups excluding carboxylic acids is 2. The number of ether oxygens (including phenoxy) is 1. The standard InChI is InChI=1S/C18H31N3O3/c1-15(22)21-7-3-2-4-16-14-20(9-5-17(16)21)18(23)6-8-19-10-12-24-13-11-19/h16-17H,2-14H2,1H3/t16-,17-/m1/s1. The predicted molar refractivity (Wildman–Crippen MR) is 91.6 cm³/mol. The van der Waals surface area contributed by atoms with Gasteiger partial charge in [0.25, 0.3) is 0 Å². The Morgan fingerprint density at radius 2 is 1.83 bits per heavy atom. The Labute approximate surface area is 145 Å². The molecule has 0 spiro atoms. The Bertz CT molecular complexity index is 451. The third kappa shape index (κ3) is 4.28. The van der Waals surface area contributed by atoms with E-state index in [0.29, 0.717) is 18.4 Å². The zero-order chi connectivity index (χ0) is 16.9. The molecule has 6 heteroatoms. The molecule has 24 heavy (non-hydrogen) atoms. The molecule has 0 aromatic heterocycles. The first-order chi connectivity index (χ1) is 11.6. The van der Waals surface area contributed by atoms with Crippen LogP contribution in [0.3, 0.4) is 0 Å². The fraction of sp³-hybridized carbons (Fsp3) is 0.889. The Hall–Kier alpha value is -1.14.